The Morgan fingerprint density at radius 3 is 2.52 bits per heavy atom. The van der Waals surface area contributed by atoms with Gasteiger partial charge in [0.05, 0.1) is 5.56 Å². The lowest BCUT2D eigenvalue weighted by Gasteiger charge is -2.10. The summed E-state index contributed by atoms with van der Waals surface area (Å²) >= 11 is 6.19. The van der Waals surface area contributed by atoms with Gasteiger partial charge in [-0.05, 0) is 24.3 Å². The Morgan fingerprint density at radius 2 is 1.76 bits per heavy atom. The highest BCUT2D eigenvalue weighted by atomic mass is 35.5. The molecule has 102 valence electrons. The summed E-state index contributed by atoms with van der Waals surface area (Å²) in [5, 5.41) is 11.5. The van der Waals surface area contributed by atoms with Gasteiger partial charge in [0.15, 0.2) is 0 Å². The van der Waals surface area contributed by atoms with Crippen LogP contribution in [0, 0.1) is 11.3 Å². The van der Waals surface area contributed by atoms with Gasteiger partial charge in [-0.3, -0.25) is 0 Å². The molecule has 0 saturated heterocycles. The van der Waals surface area contributed by atoms with E-state index in [0.717, 1.165) is 10.8 Å². The Labute approximate surface area is 127 Å². The average Bonchev–Trinajstić information content (AvgIpc) is 2.52. The van der Waals surface area contributed by atoms with Crippen molar-refractivity contribution in [3.05, 3.63) is 65.2 Å². The van der Waals surface area contributed by atoms with Crippen LogP contribution >= 0.6 is 11.6 Å². The first-order valence-corrected chi connectivity index (χ1v) is 6.71. The summed E-state index contributed by atoms with van der Waals surface area (Å²) in [7, 11) is 0. The molecule has 2 N–H and O–H groups in total. The molecule has 0 unspecified atom stereocenters. The summed E-state index contributed by atoms with van der Waals surface area (Å²) in [6.07, 6.45) is 0. The number of anilines is 1. The first-order chi connectivity index (χ1) is 10.2. The predicted molar refractivity (Wildman–Crippen MR) is 84.6 cm³/mol. The minimum atomic E-state index is 0.394. The number of nitrogens with two attached hydrogens (primary N) is 1. The number of hydrogen-bond acceptors (Lipinski definition) is 3. The molecular weight excluding hydrogens is 284 g/mol. The minimum Gasteiger partial charge on any atom is -0.457 e. The highest BCUT2D eigenvalue weighted by Crippen LogP contribution is 2.34. The number of nitrogens with zero attached hydrogens (tertiary/aromatic N) is 1. The topological polar surface area (TPSA) is 59.0 Å². The monoisotopic (exact) mass is 294 g/mol. The van der Waals surface area contributed by atoms with E-state index in [1.807, 2.05) is 36.4 Å². The Balaban J connectivity index is 2.07. The van der Waals surface area contributed by atoms with Crippen LogP contribution in [0.3, 0.4) is 0 Å². The highest BCUT2D eigenvalue weighted by Gasteiger charge is 2.07. The van der Waals surface area contributed by atoms with Crippen LogP contribution in [-0.4, -0.2) is 0 Å². The van der Waals surface area contributed by atoms with Crippen LogP contribution in [0.2, 0.25) is 5.02 Å². The summed E-state index contributed by atoms with van der Waals surface area (Å²) in [4.78, 5) is 0. The molecule has 3 rings (SSSR count). The summed E-state index contributed by atoms with van der Waals surface area (Å²) in [6, 6.07) is 18.4. The third kappa shape index (κ3) is 2.49. The molecule has 0 aromatic heterocycles. The van der Waals surface area contributed by atoms with Crippen molar-refractivity contribution in [2.75, 3.05) is 5.73 Å². The minimum absolute atomic E-state index is 0.394. The van der Waals surface area contributed by atoms with Crippen molar-refractivity contribution in [1.29, 1.82) is 5.26 Å². The van der Waals surface area contributed by atoms with Gasteiger partial charge in [0.25, 0.3) is 0 Å². The molecule has 0 saturated carbocycles. The number of nitriles is 1. The zero-order valence-corrected chi connectivity index (χ0v) is 11.8. The number of hydrogen-bond donors (Lipinski definition) is 1. The first kappa shape index (κ1) is 13.3. The normalized spacial score (nSPS) is 10.3. The van der Waals surface area contributed by atoms with Crippen molar-refractivity contribution in [2.45, 2.75) is 0 Å². The fourth-order valence-corrected chi connectivity index (χ4v) is 2.37. The molecule has 21 heavy (non-hydrogen) atoms. The van der Waals surface area contributed by atoms with Crippen molar-refractivity contribution < 1.29 is 4.74 Å². The van der Waals surface area contributed by atoms with Crippen LogP contribution in [0.5, 0.6) is 11.5 Å². The summed E-state index contributed by atoms with van der Waals surface area (Å²) in [5.41, 5.74) is 6.54. The molecule has 3 aromatic rings. The Bertz CT molecular complexity index is 868. The maximum atomic E-state index is 9.01. The van der Waals surface area contributed by atoms with E-state index in [1.165, 1.54) is 0 Å². The Kier molecular flexibility index (Phi) is 3.39. The van der Waals surface area contributed by atoms with E-state index in [9.17, 15) is 0 Å². The number of fused-ring (bicyclic) bond motifs is 1. The van der Waals surface area contributed by atoms with E-state index in [4.69, 9.17) is 27.3 Å². The molecule has 0 aliphatic rings. The largest absolute Gasteiger partial charge is 0.457 e. The van der Waals surface area contributed by atoms with Gasteiger partial charge in [0, 0.05) is 27.5 Å². The molecule has 0 aliphatic heterocycles. The maximum absolute atomic E-state index is 9.01. The maximum Gasteiger partial charge on any atom is 0.135 e. The molecule has 0 amide bonds. The number of rotatable bonds is 2. The summed E-state index contributed by atoms with van der Waals surface area (Å²) in [5.74, 6) is 1.25. The standard InChI is InChI=1S/C17H11ClN2O/c18-15-6-8-17(14-4-2-1-3-13(14)15)21-12-5-7-16(20)11(9-12)10-19/h1-9H,20H2. The predicted octanol–water partition coefficient (Wildman–Crippen LogP) is 4.74. The first-order valence-electron chi connectivity index (χ1n) is 6.34. The van der Waals surface area contributed by atoms with Crippen LogP contribution in [-0.2, 0) is 0 Å². The van der Waals surface area contributed by atoms with Crippen LogP contribution < -0.4 is 10.5 Å². The second-order valence-electron chi connectivity index (χ2n) is 4.55. The van der Waals surface area contributed by atoms with Gasteiger partial charge in [-0.25, -0.2) is 0 Å². The molecule has 4 heteroatoms. The second-order valence-corrected chi connectivity index (χ2v) is 4.96. The van der Waals surface area contributed by atoms with Gasteiger partial charge in [0.2, 0.25) is 0 Å². The van der Waals surface area contributed by atoms with Crippen molar-refractivity contribution >= 4 is 28.1 Å². The SMILES string of the molecule is N#Cc1cc(Oc2ccc(Cl)c3ccccc23)ccc1N. The van der Waals surface area contributed by atoms with E-state index in [1.54, 1.807) is 24.3 Å². The summed E-state index contributed by atoms with van der Waals surface area (Å²) in [6.45, 7) is 0. The lowest BCUT2D eigenvalue weighted by Crippen LogP contribution is -1.92. The fraction of sp³-hybridized carbons (Fsp3) is 0. The van der Waals surface area contributed by atoms with Crippen molar-refractivity contribution in [3.8, 4) is 17.6 Å². The molecule has 0 heterocycles. The molecular formula is C17H11ClN2O. The zero-order valence-electron chi connectivity index (χ0n) is 11.0. The fourth-order valence-electron chi connectivity index (χ4n) is 2.15. The molecule has 3 nitrogen and oxygen atoms in total. The number of ether oxygens (including phenoxy) is 1. The molecule has 3 aromatic carbocycles. The van der Waals surface area contributed by atoms with E-state index in [-0.39, 0.29) is 0 Å². The lowest BCUT2D eigenvalue weighted by molar-refractivity contribution is 0.488. The smallest absolute Gasteiger partial charge is 0.135 e. The molecule has 0 atom stereocenters. The van der Waals surface area contributed by atoms with Crippen LogP contribution in [0.15, 0.2) is 54.6 Å². The van der Waals surface area contributed by atoms with E-state index >= 15 is 0 Å². The van der Waals surface area contributed by atoms with E-state index in [2.05, 4.69) is 0 Å². The average molecular weight is 295 g/mol. The Morgan fingerprint density at radius 1 is 1.00 bits per heavy atom. The van der Waals surface area contributed by atoms with Crippen molar-refractivity contribution in [2.24, 2.45) is 0 Å². The second kappa shape index (κ2) is 5.35. The van der Waals surface area contributed by atoms with Gasteiger partial charge < -0.3 is 10.5 Å². The van der Waals surface area contributed by atoms with E-state index in [0.29, 0.717) is 27.8 Å². The van der Waals surface area contributed by atoms with Gasteiger partial charge in [0.1, 0.15) is 17.6 Å². The Hall–Kier alpha value is -2.70. The number of nitrogen functional groups attached to an aromatic ring is 1. The van der Waals surface area contributed by atoms with Crippen LogP contribution in [0.25, 0.3) is 10.8 Å². The van der Waals surface area contributed by atoms with Gasteiger partial charge >= 0.3 is 0 Å². The molecule has 0 aliphatic carbocycles. The third-order valence-electron chi connectivity index (χ3n) is 3.20. The molecule has 0 bridgehead atoms. The quantitative estimate of drug-likeness (QED) is 0.694. The summed E-state index contributed by atoms with van der Waals surface area (Å²) < 4.78 is 5.88. The van der Waals surface area contributed by atoms with Gasteiger partial charge in [-0.2, -0.15) is 5.26 Å². The molecule has 0 spiro atoms. The highest BCUT2D eigenvalue weighted by molar-refractivity contribution is 6.35. The van der Waals surface area contributed by atoms with E-state index < -0.39 is 0 Å². The number of halogens is 1. The molecule has 0 radical (unpaired) electrons. The third-order valence-corrected chi connectivity index (χ3v) is 3.53. The van der Waals surface area contributed by atoms with Crippen LogP contribution in [0.1, 0.15) is 5.56 Å². The number of benzene rings is 3. The van der Waals surface area contributed by atoms with Gasteiger partial charge in [-0.15, -0.1) is 0 Å². The van der Waals surface area contributed by atoms with Crippen LogP contribution in [0.4, 0.5) is 5.69 Å². The van der Waals surface area contributed by atoms with Crippen molar-refractivity contribution in [3.63, 3.8) is 0 Å². The van der Waals surface area contributed by atoms with Gasteiger partial charge in [-0.1, -0.05) is 35.9 Å². The zero-order chi connectivity index (χ0) is 14.8. The van der Waals surface area contributed by atoms with Crippen molar-refractivity contribution in [1.82, 2.24) is 0 Å². The lowest BCUT2D eigenvalue weighted by atomic mass is 10.1. The molecule has 0 fully saturated rings.